The number of urea groups is 1. The first kappa shape index (κ1) is 17.7. The molecule has 0 unspecified atom stereocenters. The average Bonchev–Trinajstić information content (AvgIpc) is 2.65. The van der Waals surface area contributed by atoms with Gasteiger partial charge in [0.05, 0.1) is 11.3 Å². The maximum absolute atomic E-state index is 13.2. The zero-order chi connectivity index (χ0) is 18.7. The van der Waals surface area contributed by atoms with Crippen LogP contribution in [0.1, 0.15) is 16.7 Å². The number of nitrogens with zero attached hydrogens (tertiary/aromatic N) is 3. The molecule has 134 valence electrons. The van der Waals surface area contributed by atoms with Crippen LogP contribution in [0.5, 0.6) is 0 Å². The molecule has 1 N–H and O–H groups in total. The lowest BCUT2D eigenvalue weighted by molar-refractivity contribution is 0.208. The van der Waals surface area contributed by atoms with E-state index in [0.717, 1.165) is 19.2 Å². The van der Waals surface area contributed by atoms with E-state index < -0.39 is 5.82 Å². The molecule has 26 heavy (non-hydrogen) atoms. The Hall–Kier alpha value is -3.07. The van der Waals surface area contributed by atoms with Gasteiger partial charge in [-0.15, -0.1) is 0 Å². The van der Waals surface area contributed by atoms with Gasteiger partial charge in [0, 0.05) is 31.9 Å². The highest BCUT2D eigenvalue weighted by Gasteiger charge is 2.23. The van der Waals surface area contributed by atoms with E-state index in [9.17, 15) is 9.18 Å². The van der Waals surface area contributed by atoms with Crippen LogP contribution < -0.4 is 10.2 Å². The van der Waals surface area contributed by atoms with Gasteiger partial charge in [0.1, 0.15) is 11.9 Å². The number of carbonyl (C=O) groups is 1. The van der Waals surface area contributed by atoms with Crippen molar-refractivity contribution in [3.8, 4) is 6.07 Å². The number of piperazine rings is 1. The smallest absolute Gasteiger partial charge is 0.322 e. The molecule has 2 amide bonds. The van der Waals surface area contributed by atoms with Gasteiger partial charge in [-0.1, -0.05) is 12.1 Å². The SMILES string of the molecule is Cc1cccc(N2CCN(C(=O)Nc3ccc(F)cc3C#N)CC2)c1C. The second-order valence-corrected chi connectivity index (χ2v) is 6.42. The van der Waals surface area contributed by atoms with Gasteiger partial charge in [-0.25, -0.2) is 9.18 Å². The van der Waals surface area contributed by atoms with Crippen LogP contribution in [0.25, 0.3) is 0 Å². The summed E-state index contributed by atoms with van der Waals surface area (Å²) in [4.78, 5) is 16.5. The van der Waals surface area contributed by atoms with E-state index in [-0.39, 0.29) is 11.6 Å². The summed E-state index contributed by atoms with van der Waals surface area (Å²) in [5, 5.41) is 11.8. The maximum Gasteiger partial charge on any atom is 0.322 e. The summed E-state index contributed by atoms with van der Waals surface area (Å²) in [7, 11) is 0. The van der Waals surface area contributed by atoms with Crippen molar-refractivity contribution in [2.24, 2.45) is 0 Å². The number of anilines is 2. The van der Waals surface area contributed by atoms with E-state index in [0.29, 0.717) is 18.8 Å². The molecule has 6 heteroatoms. The third-order valence-electron chi connectivity index (χ3n) is 4.83. The van der Waals surface area contributed by atoms with Gasteiger partial charge in [0.25, 0.3) is 0 Å². The molecule has 1 aliphatic heterocycles. The summed E-state index contributed by atoms with van der Waals surface area (Å²) in [6, 6.07) is 11.7. The summed E-state index contributed by atoms with van der Waals surface area (Å²) < 4.78 is 13.2. The molecular formula is C20H21FN4O. The van der Waals surface area contributed by atoms with Crippen LogP contribution in [0.3, 0.4) is 0 Å². The van der Waals surface area contributed by atoms with Crippen molar-refractivity contribution in [3.05, 3.63) is 58.9 Å². The number of carbonyl (C=O) groups excluding carboxylic acids is 1. The summed E-state index contributed by atoms with van der Waals surface area (Å²) in [5.74, 6) is -0.498. The first-order chi connectivity index (χ1) is 12.5. The van der Waals surface area contributed by atoms with E-state index in [2.05, 4.69) is 42.3 Å². The van der Waals surface area contributed by atoms with Crippen molar-refractivity contribution in [1.29, 1.82) is 5.26 Å². The van der Waals surface area contributed by atoms with E-state index in [1.165, 1.54) is 28.9 Å². The van der Waals surface area contributed by atoms with Crippen LogP contribution in [0.15, 0.2) is 36.4 Å². The quantitative estimate of drug-likeness (QED) is 0.897. The Morgan fingerprint density at radius 3 is 2.58 bits per heavy atom. The number of halogens is 1. The molecule has 0 saturated carbocycles. The third-order valence-corrected chi connectivity index (χ3v) is 4.83. The van der Waals surface area contributed by atoms with Crippen LogP contribution in [0.2, 0.25) is 0 Å². The highest BCUT2D eigenvalue weighted by molar-refractivity contribution is 5.91. The Bertz CT molecular complexity index is 867. The Morgan fingerprint density at radius 2 is 1.88 bits per heavy atom. The highest BCUT2D eigenvalue weighted by atomic mass is 19.1. The minimum absolute atomic E-state index is 0.118. The Labute approximate surface area is 152 Å². The highest BCUT2D eigenvalue weighted by Crippen LogP contribution is 2.24. The Morgan fingerprint density at radius 1 is 1.15 bits per heavy atom. The number of nitrogens with one attached hydrogen (secondary N) is 1. The monoisotopic (exact) mass is 352 g/mol. The fraction of sp³-hybridized carbons (Fsp3) is 0.300. The Kier molecular flexibility index (Phi) is 5.08. The molecule has 2 aromatic carbocycles. The predicted octanol–water partition coefficient (Wildman–Crippen LogP) is 3.67. The summed E-state index contributed by atoms with van der Waals surface area (Å²) in [5.41, 5.74) is 4.16. The molecule has 1 fully saturated rings. The molecular weight excluding hydrogens is 331 g/mol. The second kappa shape index (κ2) is 7.44. The third kappa shape index (κ3) is 3.62. The zero-order valence-corrected chi connectivity index (χ0v) is 14.9. The molecule has 3 rings (SSSR count). The number of aryl methyl sites for hydroxylation is 1. The molecule has 0 bridgehead atoms. The van der Waals surface area contributed by atoms with Gasteiger partial charge in [0.15, 0.2) is 0 Å². The van der Waals surface area contributed by atoms with Gasteiger partial charge in [-0.2, -0.15) is 5.26 Å². The number of hydrogen-bond acceptors (Lipinski definition) is 3. The summed E-state index contributed by atoms with van der Waals surface area (Å²) in [6.45, 7) is 6.86. The average molecular weight is 352 g/mol. The number of rotatable bonds is 2. The molecule has 0 radical (unpaired) electrons. The van der Waals surface area contributed by atoms with Gasteiger partial charge < -0.3 is 15.1 Å². The molecule has 2 aromatic rings. The molecule has 0 aromatic heterocycles. The van der Waals surface area contributed by atoms with Gasteiger partial charge >= 0.3 is 6.03 Å². The van der Waals surface area contributed by atoms with Crippen molar-refractivity contribution in [1.82, 2.24) is 4.90 Å². The van der Waals surface area contributed by atoms with Crippen molar-refractivity contribution in [2.75, 3.05) is 36.4 Å². The number of hydrogen-bond donors (Lipinski definition) is 1. The first-order valence-corrected chi connectivity index (χ1v) is 8.56. The number of benzene rings is 2. The normalized spacial score (nSPS) is 14.1. The lowest BCUT2D eigenvalue weighted by atomic mass is 10.1. The lowest BCUT2D eigenvalue weighted by Gasteiger charge is -2.37. The second-order valence-electron chi connectivity index (χ2n) is 6.42. The van der Waals surface area contributed by atoms with Crippen molar-refractivity contribution < 1.29 is 9.18 Å². The van der Waals surface area contributed by atoms with Gasteiger partial charge in [-0.05, 0) is 49.2 Å². The van der Waals surface area contributed by atoms with Gasteiger partial charge in [-0.3, -0.25) is 0 Å². The van der Waals surface area contributed by atoms with Crippen LogP contribution >= 0.6 is 0 Å². The van der Waals surface area contributed by atoms with E-state index in [1.54, 1.807) is 4.90 Å². The van der Waals surface area contributed by atoms with Crippen molar-refractivity contribution in [2.45, 2.75) is 13.8 Å². The van der Waals surface area contributed by atoms with E-state index in [1.807, 2.05) is 6.07 Å². The van der Waals surface area contributed by atoms with E-state index in [4.69, 9.17) is 5.26 Å². The minimum atomic E-state index is -0.498. The summed E-state index contributed by atoms with van der Waals surface area (Å²) >= 11 is 0. The standard InChI is InChI=1S/C20H21FN4O/c1-14-4-3-5-19(15(14)2)24-8-10-25(11-9-24)20(26)23-18-7-6-17(21)12-16(18)13-22/h3-7,12H,8-11H2,1-2H3,(H,23,26). The van der Waals surface area contributed by atoms with E-state index >= 15 is 0 Å². The van der Waals surface area contributed by atoms with Gasteiger partial charge in [0.2, 0.25) is 0 Å². The number of nitriles is 1. The fourth-order valence-corrected chi connectivity index (χ4v) is 3.14. The Balaban J connectivity index is 1.64. The lowest BCUT2D eigenvalue weighted by Crippen LogP contribution is -2.50. The molecule has 0 spiro atoms. The summed E-state index contributed by atoms with van der Waals surface area (Å²) in [6.07, 6.45) is 0. The fourth-order valence-electron chi connectivity index (χ4n) is 3.14. The van der Waals surface area contributed by atoms with Crippen molar-refractivity contribution in [3.63, 3.8) is 0 Å². The molecule has 0 atom stereocenters. The predicted molar refractivity (Wildman–Crippen MR) is 99.8 cm³/mol. The van der Waals surface area contributed by atoms with Crippen LogP contribution in [0.4, 0.5) is 20.6 Å². The number of amides is 2. The molecule has 1 saturated heterocycles. The van der Waals surface area contributed by atoms with Crippen molar-refractivity contribution >= 4 is 17.4 Å². The molecule has 1 heterocycles. The largest absolute Gasteiger partial charge is 0.368 e. The molecule has 0 aliphatic carbocycles. The van der Waals surface area contributed by atoms with Crippen LogP contribution in [-0.2, 0) is 0 Å². The maximum atomic E-state index is 13.2. The molecule has 5 nitrogen and oxygen atoms in total. The molecule has 1 aliphatic rings. The van der Waals surface area contributed by atoms with Crippen LogP contribution in [0, 0.1) is 31.0 Å². The topological polar surface area (TPSA) is 59.4 Å². The minimum Gasteiger partial charge on any atom is -0.368 e. The van der Waals surface area contributed by atoms with Crippen LogP contribution in [-0.4, -0.2) is 37.1 Å². The first-order valence-electron chi connectivity index (χ1n) is 8.56. The zero-order valence-electron chi connectivity index (χ0n) is 14.9.